The molecule has 0 N–H and O–H groups in total. The van der Waals surface area contributed by atoms with E-state index in [2.05, 4.69) is 0 Å². The van der Waals surface area contributed by atoms with E-state index in [1.807, 2.05) is 33.9 Å². The molecule has 0 aliphatic heterocycles. The Labute approximate surface area is 192 Å². The number of halogens is 1. The Hall–Kier alpha value is -3.48. The van der Waals surface area contributed by atoms with E-state index in [-0.39, 0.29) is 23.5 Å². The first-order valence-corrected chi connectivity index (χ1v) is 11.4. The second-order valence-corrected chi connectivity index (χ2v) is 8.74. The van der Waals surface area contributed by atoms with Crippen LogP contribution in [0.1, 0.15) is 59.3 Å². The third kappa shape index (κ3) is 5.30. The Bertz CT molecular complexity index is 1150. The molecule has 33 heavy (non-hydrogen) atoms. The van der Waals surface area contributed by atoms with E-state index in [1.54, 1.807) is 25.1 Å². The van der Waals surface area contributed by atoms with Gasteiger partial charge >= 0.3 is 0 Å². The second-order valence-electron chi connectivity index (χ2n) is 8.74. The molecule has 1 saturated carbocycles. The molecule has 3 aromatic rings. The highest BCUT2D eigenvalue weighted by Gasteiger charge is 2.28. The van der Waals surface area contributed by atoms with Crippen LogP contribution in [0.4, 0.5) is 10.1 Å². The summed E-state index contributed by atoms with van der Waals surface area (Å²) in [6.07, 6.45) is 7.05. The number of amides is 1. The van der Waals surface area contributed by atoms with Gasteiger partial charge in [0.25, 0.3) is 11.6 Å². The quantitative estimate of drug-likeness (QED) is 0.335. The molecular weight excluding hydrogens is 421 g/mol. The molecule has 0 spiro atoms. The van der Waals surface area contributed by atoms with Crippen LogP contribution < -0.4 is 0 Å². The zero-order valence-electron chi connectivity index (χ0n) is 18.7. The van der Waals surface area contributed by atoms with Crippen LogP contribution in [0.2, 0.25) is 0 Å². The standard InChI is InChI=1S/C26H28FN3O3/c1-19-12-13-21(16-25(19)30(32)33)26(31)29(23-9-3-2-4-10-23)18-24-11-6-14-28(24)17-20-7-5-8-22(27)15-20/h5-8,11-16,23H,2-4,9-10,17-18H2,1H3. The van der Waals surface area contributed by atoms with Gasteiger partial charge in [-0.3, -0.25) is 14.9 Å². The van der Waals surface area contributed by atoms with E-state index in [0.717, 1.165) is 43.4 Å². The van der Waals surface area contributed by atoms with E-state index in [4.69, 9.17) is 0 Å². The van der Waals surface area contributed by atoms with Gasteiger partial charge in [0, 0.05) is 41.7 Å². The Balaban J connectivity index is 1.63. The Kier molecular flexibility index (Phi) is 6.87. The highest BCUT2D eigenvalue weighted by Crippen LogP contribution is 2.28. The highest BCUT2D eigenvalue weighted by molar-refractivity contribution is 5.95. The molecule has 0 saturated heterocycles. The first kappa shape index (κ1) is 22.7. The van der Waals surface area contributed by atoms with Gasteiger partial charge in [0.15, 0.2) is 0 Å². The second kappa shape index (κ2) is 9.98. The largest absolute Gasteiger partial charge is 0.345 e. The summed E-state index contributed by atoms with van der Waals surface area (Å²) in [6.45, 7) is 2.57. The van der Waals surface area contributed by atoms with Crippen molar-refractivity contribution in [3.8, 4) is 0 Å². The topological polar surface area (TPSA) is 68.4 Å². The molecule has 1 aromatic heterocycles. The molecule has 0 atom stereocenters. The van der Waals surface area contributed by atoms with Crippen LogP contribution >= 0.6 is 0 Å². The fourth-order valence-electron chi connectivity index (χ4n) is 4.62. The zero-order valence-corrected chi connectivity index (χ0v) is 18.7. The maximum atomic E-state index is 13.7. The number of nitro groups is 1. The summed E-state index contributed by atoms with van der Waals surface area (Å²) in [6, 6.07) is 15.2. The maximum absolute atomic E-state index is 13.7. The van der Waals surface area contributed by atoms with Gasteiger partial charge in [0.2, 0.25) is 0 Å². The lowest BCUT2D eigenvalue weighted by molar-refractivity contribution is -0.385. The van der Waals surface area contributed by atoms with Gasteiger partial charge in [-0.15, -0.1) is 0 Å². The predicted molar refractivity (Wildman–Crippen MR) is 125 cm³/mol. The molecule has 1 heterocycles. The lowest BCUT2D eigenvalue weighted by Crippen LogP contribution is -2.41. The SMILES string of the molecule is Cc1ccc(C(=O)N(Cc2cccn2Cc2cccc(F)c2)C2CCCCC2)cc1[N+](=O)[O-]. The van der Waals surface area contributed by atoms with Gasteiger partial charge < -0.3 is 9.47 Å². The summed E-state index contributed by atoms with van der Waals surface area (Å²) in [7, 11) is 0. The van der Waals surface area contributed by atoms with Gasteiger partial charge in [-0.25, -0.2) is 4.39 Å². The summed E-state index contributed by atoms with van der Waals surface area (Å²) >= 11 is 0. The first-order valence-electron chi connectivity index (χ1n) is 11.4. The average molecular weight is 450 g/mol. The van der Waals surface area contributed by atoms with Gasteiger partial charge in [0.05, 0.1) is 11.5 Å². The fraction of sp³-hybridized carbons (Fsp3) is 0.346. The van der Waals surface area contributed by atoms with Crippen LogP contribution in [0.15, 0.2) is 60.8 Å². The van der Waals surface area contributed by atoms with Crippen molar-refractivity contribution < 1.29 is 14.1 Å². The maximum Gasteiger partial charge on any atom is 0.273 e. The van der Waals surface area contributed by atoms with Crippen LogP contribution in [0.5, 0.6) is 0 Å². The number of hydrogen-bond donors (Lipinski definition) is 0. The predicted octanol–water partition coefficient (Wildman–Crippen LogP) is 5.87. The minimum Gasteiger partial charge on any atom is -0.345 e. The normalized spacial score (nSPS) is 14.2. The molecule has 1 aliphatic rings. The minimum absolute atomic E-state index is 0.0427. The lowest BCUT2D eigenvalue weighted by atomic mass is 9.93. The van der Waals surface area contributed by atoms with Crippen molar-refractivity contribution in [1.82, 2.24) is 9.47 Å². The van der Waals surface area contributed by atoms with E-state index >= 15 is 0 Å². The van der Waals surface area contributed by atoms with Gasteiger partial charge in [0.1, 0.15) is 5.82 Å². The van der Waals surface area contributed by atoms with Crippen molar-refractivity contribution in [2.75, 3.05) is 0 Å². The van der Waals surface area contributed by atoms with Gasteiger partial charge in [-0.2, -0.15) is 0 Å². The van der Waals surface area contributed by atoms with Gasteiger partial charge in [-0.1, -0.05) is 37.5 Å². The monoisotopic (exact) mass is 449 g/mol. The molecular formula is C26H28FN3O3. The number of carbonyl (C=O) groups excluding carboxylic acids is 1. The Morgan fingerprint density at radius 3 is 2.64 bits per heavy atom. The molecule has 7 heteroatoms. The number of aromatic nitrogens is 1. The molecule has 2 aromatic carbocycles. The molecule has 172 valence electrons. The molecule has 4 rings (SSSR count). The van der Waals surface area contributed by atoms with Crippen molar-refractivity contribution in [2.24, 2.45) is 0 Å². The number of carbonyl (C=O) groups is 1. The minimum atomic E-state index is -0.443. The van der Waals surface area contributed by atoms with E-state index < -0.39 is 4.92 Å². The van der Waals surface area contributed by atoms with Crippen molar-refractivity contribution in [2.45, 2.75) is 58.2 Å². The van der Waals surface area contributed by atoms with Crippen molar-refractivity contribution >= 4 is 11.6 Å². The number of benzene rings is 2. The van der Waals surface area contributed by atoms with Crippen LogP contribution in [0.3, 0.4) is 0 Å². The van der Waals surface area contributed by atoms with Crippen molar-refractivity contribution in [3.63, 3.8) is 0 Å². The molecule has 6 nitrogen and oxygen atoms in total. The van der Waals surface area contributed by atoms with Crippen LogP contribution in [0.25, 0.3) is 0 Å². The third-order valence-corrected chi connectivity index (χ3v) is 6.43. The summed E-state index contributed by atoms with van der Waals surface area (Å²) < 4.78 is 15.7. The third-order valence-electron chi connectivity index (χ3n) is 6.43. The fourth-order valence-corrected chi connectivity index (χ4v) is 4.62. The number of nitro benzene ring substituents is 1. The summed E-state index contributed by atoms with van der Waals surface area (Å²) in [5.41, 5.74) is 2.61. The van der Waals surface area contributed by atoms with Crippen LogP contribution in [-0.4, -0.2) is 26.3 Å². The summed E-state index contributed by atoms with van der Waals surface area (Å²) in [5.74, 6) is -0.468. The molecule has 1 amide bonds. The van der Waals surface area contributed by atoms with Crippen molar-refractivity contribution in [1.29, 1.82) is 0 Å². The first-order chi connectivity index (χ1) is 15.9. The molecule has 0 bridgehead atoms. The summed E-state index contributed by atoms with van der Waals surface area (Å²) in [4.78, 5) is 26.5. The molecule has 0 unspecified atom stereocenters. The Morgan fingerprint density at radius 1 is 1.12 bits per heavy atom. The van der Waals surface area contributed by atoms with Crippen molar-refractivity contribution in [3.05, 3.63) is 99.1 Å². The van der Waals surface area contributed by atoms with E-state index in [9.17, 15) is 19.3 Å². The van der Waals surface area contributed by atoms with E-state index in [1.165, 1.54) is 18.2 Å². The zero-order chi connectivity index (χ0) is 23.4. The Morgan fingerprint density at radius 2 is 1.91 bits per heavy atom. The van der Waals surface area contributed by atoms with E-state index in [0.29, 0.717) is 24.2 Å². The smallest absolute Gasteiger partial charge is 0.273 e. The number of rotatable bonds is 7. The number of aryl methyl sites for hydroxylation is 1. The molecule has 0 radical (unpaired) electrons. The molecule has 1 fully saturated rings. The highest BCUT2D eigenvalue weighted by atomic mass is 19.1. The lowest BCUT2D eigenvalue weighted by Gasteiger charge is -2.35. The van der Waals surface area contributed by atoms with Crippen LogP contribution in [-0.2, 0) is 13.1 Å². The van der Waals surface area contributed by atoms with Crippen LogP contribution in [0, 0.1) is 22.9 Å². The summed E-state index contributed by atoms with van der Waals surface area (Å²) in [5, 5.41) is 11.4. The average Bonchev–Trinajstić information content (AvgIpc) is 3.24. The molecule has 1 aliphatic carbocycles. The van der Waals surface area contributed by atoms with Gasteiger partial charge in [-0.05, 0) is 55.7 Å². The number of hydrogen-bond acceptors (Lipinski definition) is 3. The number of nitrogens with zero attached hydrogens (tertiary/aromatic N) is 3.